The monoisotopic (exact) mass is 227 g/mol. The Labute approximate surface area is 90.5 Å². The van der Waals surface area contributed by atoms with Crippen LogP contribution in [0.15, 0.2) is 23.4 Å². The largest absolute Gasteiger partial charge is 0.396 e. The van der Waals surface area contributed by atoms with Gasteiger partial charge < -0.3 is 11.1 Å². The molecule has 1 aromatic rings. The predicted molar refractivity (Wildman–Crippen MR) is 58.6 cm³/mol. The van der Waals surface area contributed by atoms with E-state index in [0.717, 1.165) is 0 Å². The minimum absolute atomic E-state index is 0.141. The first-order valence-corrected chi connectivity index (χ1v) is 5.76. The second kappa shape index (κ2) is 5.45. The lowest BCUT2D eigenvalue weighted by Gasteiger charge is -2.03. The van der Waals surface area contributed by atoms with Crippen LogP contribution in [0.1, 0.15) is 6.42 Å². The van der Waals surface area contributed by atoms with Gasteiger partial charge in [0.1, 0.15) is 5.03 Å². The van der Waals surface area contributed by atoms with Crippen molar-refractivity contribution < 1.29 is 9.00 Å². The highest BCUT2D eigenvalue weighted by atomic mass is 32.2. The average molecular weight is 227 g/mol. The minimum Gasteiger partial charge on any atom is -0.396 e. The third-order valence-corrected chi connectivity index (χ3v) is 3.16. The van der Waals surface area contributed by atoms with E-state index in [4.69, 9.17) is 5.73 Å². The Kier molecular flexibility index (Phi) is 4.23. The van der Waals surface area contributed by atoms with Crippen molar-refractivity contribution in [3.63, 3.8) is 0 Å². The van der Waals surface area contributed by atoms with E-state index in [1.54, 1.807) is 19.2 Å². The van der Waals surface area contributed by atoms with Gasteiger partial charge in [0.05, 0.1) is 16.5 Å². The van der Waals surface area contributed by atoms with E-state index in [2.05, 4.69) is 10.3 Å². The number of aromatic nitrogens is 1. The number of hydrogen-bond donors (Lipinski definition) is 2. The van der Waals surface area contributed by atoms with Crippen LogP contribution in [0.4, 0.5) is 5.69 Å². The van der Waals surface area contributed by atoms with Gasteiger partial charge in [0.15, 0.2) is 0 Å². The number of nitrogens with one attached hydrogen (secondary N) is 1. The molecule has 0 aliphatic carbocycles. The fraction of sp³-hybridized carbons (Fsp3) is 0.333. The van der Waals surface area contributed by atoms with Crippen molar-refractivity contribution >= 4 is 22.4 Å². The zero-order valence-electron chi connectivity index (χ0n) is 8.40. The van der Waals surface area contributed by atoms with Crippen molar-refractivity contribution in [2.24, 2.45) is 0 Å². The second-order valence-corrected chi connectivity index (χ2v) is 4.36. The van der Waals surface area contributed by atoms with Gasteiger partial charge >= 0.3 is 0 Å². The summed E-state index contributed by atoms with van der Waals surface area (Å²) in [4.78, 5) is 14.9. The quantitative estimate of drug-likeness (QED) is 0.752. The van der Waals surface area contributed by atoms with Gasteiger partial charge in [-0.2, -0.15) is 0 Å². The summed E-state index contributed by atoms with van der Waals surface area (Å²) >= 11 is 0. The molecule has 1 aromatic heterocycles. The zero-order valence-corrected chi connectivity index (χ0v) is 9.21. The Bertz CT molecular complexity index is 381. The third-order valence-electron chi connectivity index (χ3n) is 1.81. The van der Waals surface area contributed by atoms with E-state index in [0.29, 0.717) is 10.7 Å². The Morgan fingerprint density at radius 1 is 1.67 bits per heavy atom. The van der Waals surface area contributed by atoms with Gasteiger partial charge in [0, 0.05) is 25.4 Å². The van der Waals surface area contributed by atoms with Gasteiger partial charge in [0.25, 0.3) is 0 Å². The fourth-order valence-corrected chi connectivity index (χ4v) is 2.07. The molecule has 3 N–H and O–H groups in total. The molecule has 0 aliphatic rings. The van der Waals surface area contributed by atoms with Crippen LogP contribution in [0.2, 0.25) is 0 Å². The van der Waals surface area contributed by atoms with Gasteiger partial charge in [-0.3, -0.25) is 9.00 Å². The van der Waals surface area contributed by atoms with Crippen LogP contribution in [0.25, 0.3) is 0 Å². The third kappa shape index (κ3) is 3.32. The molecule has 0 saturated carbocycles. The van der Waals surface area contributed by atoms with E-state index < -0.39 is 10.8 Å². The van der Waals surface area contributed by atoms with Crippen LogP contribution >= 0.6 is 0 Å². The van der Waals surface area contributed by atoms with E-state index in [1.165, 1.54) is 6.20 Å². The summed E-state index contributed by atoms with van der Waals surface area (Å²) in [6.07, 6.45) is 1.74. The van der Waals surface area contributed by atoms with Crippen LogP contribution in [0.5, 0.6) is 0 Å². The SMILES string of the molecule is CNC(=O)CCS(=O)c1ncccc1N. The summed E-state index contributed by atoms with van der Waals surface area (Å²) in [5.41, 5.74) is 6.00. The molecule has 1 atom stereocenters. The molecule has 6 heteroatoms. The van der Waals surface area contributed by atoms with Crippen molar-refractivity contribution in [1.82, 2.24) is 10.3 Å². The molecule has 0 saturated heterocycles. The first kappa shape index (κ1) is 11.6. The molecule has 0 radical (unpaired) electrons. The first-order valence-electron chi connectivity index (χ1n) is 4.44. The molecule has 82 valence electrons. The Hall–Kier alpha value is -1.43. The molecule has 1 unspecified atom stereocenters. The number of pyridine rings is 1. The van der Waals surface area contributed by atoms with Gasteiger partial charge in [0.2, 0.25) is 5.91 Å². The van der Waals surface area contributed by atoms with Crippen molar-refractivity contribution in [2.45, 2.75) is 11.4 Å². The number of anilines is 1. The maximum Gasteiger partial charge on any atom is 0.220 e. The number of amides is 1. The fourth-order valence-electron chi connectivity index (χ4n) is 1.00. The van der Waals surface area contributed by atoms with Crippen molar-refractivity contribution in [1.29, 1.82) is 0 Å². The number of hydrogen-bond acceptors (Lipinski definition) is 4. The van der Waals surface area contributed by atoms with Crippen LogP contribution in [-0.2, 0) is 15.6 Å². The van der Waals surface area contributed by atoms with Crippen LogP contribution in [-0.4, -0.2) is 27.9 Å². The molecule has 1 amide bonds. The Balaban J connectivity index is 2.62. The van der Waals surface area contributed by atoms with E-state index in [-0.39, 0.29) is 18.1 Å². The van der Waals surface area contributed by atoms with E-state index in [9.17, 15) is 9.00 Å². The molecule has 1 heterocycles. The summed E-state index contributed by atoms with van der Waals surface area (Å²) in [7, 11) is 0.228. The standard InChI is InChI=1S/C9H13N3O2S/c1-11-8(13)4-6-15(14)9-7(10)3-2-5-12-9/h2-3,5H,4,6,10H2,1H3,(H,11,13). The molecule has 15 heavy (non-hydrogen) atoms. The number of nitrogen functional groups attached to an aromatic ring is 1. The Morgan fingerprint density at radius 2 is 2.40 bits per heavy atom. The lowest BCUT2D eigenvalue weighted by molar-refractivity contribution is -0.120. The average Bonchev–Trinajstić information content (AvgIpc) is 2.26. The molecule has 0 fully saturated rings. The van der Waals surface area contributed by atoms with Crippen molar-refractivity contribution in [3.05, 3.63) is 18.3 Å². The predicted octanol–water partition coefficient (Wildman–Crippen LogP) is -0.0925. The van der Waals surface area contributed by atoms with Crippen LogP contribution in [0.3, 0.4) is 0 Å². The van der Waals surface area contributed by atoms with Gasteiger partial charge in [-0.05, 0) is 12.1 Å². The summed E-state index contributed by atoms with van der Waals surface area (Å²) in [6, 6.07) is 3.31. The maximum absolute atomic E-state index is 11.7. The number of carbonyl (C=O) groups is 1. The molecular formula is C9H13N3O2S. The summed E-state index contributed by atoms with van der Waals surface area (Å²) < 4.78 is 11.7. The van der Waals surface area contributed by atoms with Crippen molar-refractivity contribution in [2.75, 3.05) is 18.5 Å². The molecule has 0 bridgehead atoms. The second-order valence-electron chi connectivity index (χ2n) is 2.87. The van der Waals surface area contributed by atoms with Gasteiger partial charge in [-0.15, -0.1) is 0 Å². The normalized spacial score (nSPS) is 12.1. The maximum atomic E-state index is 11.7. The minimum atomic E-state index is -1.31. The molecule has 1 rings (SSSR count). The van der Waals surface area contributed by atoms with Crippen molar-refractivity contribution in [3.8, 4) is 0 Å². The van der Waals surface area contributed by atoms with Gasteiger partial charge in [-0.1, -0.05) is 0 Å². The number of nitrogens with zero attached hydrogens (tertiary/aromatic N) is 1. The Morgan fingerprint density at radius 3 is 3.00 bits per heavy atom. The first-order chi connectivity index (χ1) is 7.15. The van der Waals surface area contributed by atoms with E-state index >= 15 is 0 Å². The zero-order chi connectivity index (χ0) is 11.3. The lowest BCUT2D eigenvalue weighted by atomic mass is 10.4. The van der Waals surface area contributed by atoms with Crippen LogP contribution < -0.4 is 11.1 Å². The molecular weight excluding hydrogens is 214 g/mol. The smallest absolute Gasteiger partial charge is 0.220 e. The number of nitrogens with two attached hydrogens (primary N) is 1. The molecule has 0 spiro atoms. The molecule has 0 aliphatic heterocycles. The van der Waals surface area contributed by atoms with Crippen LogP contribution in [0, 0.1) is 0 Å². The number of carbonyl (C=O) groups excluding carboxylic acids is 1. The summed E-state index contributed by atoms with van der Waals surface area (Å²) in [5.74, 6) is 0.0961. The van der Waals surface area contributed by atoms with Gasteiger partial charge in [-0.25, -0.2) is 4.98 Å². The highest BCUT2D eigenvalue weighted by Gasteiger charge is 2.10. The molecule has 0 aromatic carbocycles. The highest BCUT2D eigenvalue weighted by molar-refractivity contribution is 7.85. The summed E-state index contributed by atoms with van der Waals surface area (Å²) in [6.45, 7) is 0. The lowest BCUT2D eigenvalue weighted by Crippen LogP contribution is -2.20. The molecule has 5 nitrogen and oxygen atoms in total. The summed E-state index contributed by atoms with van der Waals surface area (Å²) in [5, 5.41) is 2.81. The highest BCUT2D eigenvalue weighted by Crippen LogP contribution is 2.12. The van der Waals surface area contributed by atoms with E-state index in [1.807, 2.05) is 0 Å². The number of rotatable bonds is 4. The topological polar surface area (TPSA) is 85.1 Å².